The summed E-state index contributed by atoms with van der Waals surface area (Å²) in [6.45, 7) is 4.00. The van der Waals surface area contributed by atoms with Gasteiger partial charge in [0.05, 0.1) is 12.0 Å². The van der Waals surface area contributed by atoms with E-state index in [2.05, 4.69) is 26.0 Å². The molecule has 1 amide bonds. The van der Waals surface area contributed by atoms with Crippen LogP contribution in [0.15, 0.2) is 52.7 Å². The Bertz CT molecular complexity index is 1050. The minimum absolute atomic E-state index is 0.112. The van der Waals surface area contributed by atoms with Gasteiger partial charge < -0.3 is 11.2 Å². The number of hydrogen-bond donors (Lipinski definition) is 3. The number of thioether (sulfide) groups is 1. The fraction of sp³-hybridized carbons (Fsp3) is 0.158. The first-order chi connectivity index (χ1) is 13.9. The largest absolute Gasteiger partial charge is 0.334 e. The number of nitrogens with two attached hydrogens (primary N) is 1. The van der Waals surface area contributed by atoms with E-state index >= 15 is 0 Å². The van der Waals surface area contributed by atoms with Crippen LogP contribution < -0.4 is 16.6 Å². The highest BCUT2D eigenvalue weighted by Crippen LogP contribution is 2.18. The Morgan fingerprint density at radius 3 is 2.79 bits per heavy atom. The van der Waals surface area contributed by atoms with E-state index in [9.17, 15) is 9.18 Å². The number of aryl methyl sites for hydroxylation is 2. The highest BCUT2D eigenvalue weighted by atomic mass is 32.2. The number of benzene rings is 2. The second kappa shape index (κ2) is 9.20. The summed E-state index contributed by atoms with van der Waals surface area (Å²) in [5, 5.41) is 14.9. The molecule has 150 valence electrons. The number of rotatable bonds is 7. The molecule has 0 atom stereocenters. The molecule has 3 aromatic rings. The number of hydrogen-bond acceptors (Lipinski definition) is 7. The molecular formula is C19H20FN7OS. The summed E-state index contributed by atoms with van der Waals surface area (Å²) in [6, 6.07) is 11.9. The number of amides is 1. The summed E-state index contributed by atoms with van der Waals surface area (Å²) in [4.78, 5) is 12.2. The van der Waals surface area contributed by atoms with E-state index in [-0.39, 0.29) is 17.6 Å². The maximum Gasteiger partial charge on any atom is 0.264 e. The van der Waals surface area contributed by atoms with E-state index in [1.807, 2.05) is 32.0 Å². The van der Waals surface area contributed by atoms with Crippen LogP contribution in [0.5, 0.6) is 0 Å². The molecule has 1 heterocycles. The first-order valence-electron chi connectivity index (χ1n) is 8.68. The fourth-order valence-corrected chi connectivity index (χ4v) is 2.99. The van der Waals surface area contributed by atoms with Crippen molar-refractivity contribution in [2.75, 3.05) is 22.3 Å². The van der Waals surface area contributed by atoms with Crippen molar-refractivity contribution in [3.05, 3.63) is 65.0 Å². The number of nitrogens with zero attached hydrogens (tertiary/aromatic N) is 4. The Hall–Kier alpha value is -3.40. The van der Waals surface area contributed by atoms with Crippen molar-refractivity contribution in [2.45, 2.75) is 19.0 Å². The normalized spacial score (nSPS) is 11.0. The van der Waals surface area contributed by atoms with Gasteiger partial charge >= 0.3 is 0 Å². The number of halogens is 1. The second-order valence-corrected chi connectivity index (χ2v) is 7.15. The van der Waals surface area contributed by atoms with E-state index in [0.717, 1.165) is 28.6 Å². The molecule has 0 saturated carbocycles. The molecule has 0 saturated heterocycles. The highest BCUT2D eigenvalue weighted by Gasteiger charge is 2.12. The van der Waals surface area contributed by atoms with Gasteiger partial charge in [-0.2, -0.15) is 5.10 Å². The highest BCUT2D eigenvalue weighted by molar-refractivity contribution is 7.99. The number of aromatic nitrogens is 3. The average Bonchev–Trinajstić information content (AvgIpc) is 3.04. The molecule has 3 rings (SSSR count). The van der Waals surface area contributed by atoms with Gasteiger partial charge in [-0.25, -0.2) is 14.5 Å². The Morgan fingerprint density at radius 1 is 1.24 bits per heavy atom. The number of carbonyl (C=O) groups excluding carboxylic acids is 1. The summed E-state index contributed by atoms with van der Waals surface area (Å²) in [7, 11) is 0. The van der Waals surface area contributed by atoms with Gasteiger partial charge in [-0.15, -0.1) is 10.2 Å². The lowest BCUT2D eigenvalue weighted by Gasteiger charge is -2.07. The van der Waals surface area contributed by atoms with Crippen molar-refractivity contribution in [3.8, 4) is 0 Å². The molecule has 2 aromatic carbocycles. The molecule has 0 radical (unpaired) electrons. The quantitative estimate of drug-likeness (QED) is 0.238. The van der Waals surface area contributed by atoms with Crippen LogP contribution in [0, 0.1) is 19.7 Å². The number of hydrazone groups is 1. The van der Waals surface area contributed by atoms with Crippen LogP contribution in [0.4, 0.5) is 16.0 Å². The summed E-state index contributed by atoms with van der Waals surface area (Å²) < 4.78 is 14.7. The van der Waals surface area contributed by atoms with Gasteiger partial charge in [0.2, 0.25) is 11.1 Å². The van der Waals surface area contributed by atoms with Gasteiger partial charge in [-0.3, -0.25) is 4.79 Å². The van der Waals surface area contributed by atoms with E-state index in [0.29, 0.717) is 10.7 Å². The zero-order valence-corrected chi connectivity index (χ0v) is 16.7. The van der Waals surface area contributed by atoms with Crippen LogP contribution in [0.1, 0.15) is 16.7 Å². The van der Waals surface area contributed by atoms with Gasteiger partial charge in [-0.05, 0) is 43.2 Å². The maximum atomic E-state index is 13.6. The monoisotopic (exact) mass is 413 g/mol. The summed E-state index contributed by atoms with van der Waals surface area (Å²) >= 11 is 1.14. The molecule has 1 aromatic heterocycles. The van der Waals surface area contributed by atoms with Gasteiger partial charge in [-0.1, -0.05) is 36.0 Å². The van der Waals surface area contributed by atoms with Gasteiger partial charge in [0.25, 0.3) is 5.95 Å². The smallest absolute Gasteiger partial charge is 0.264 e. The number of nitrogens with one attached hydrogen (secondary N) is 2. The van der Waals surface area contributed by atoms with Crippen molar-refractivity contribution in [1.82, 2.24) is 14.9 Å². The SMILES string of the molecule is Cc1ccc(NC(=O)CSc2nnc(N/N=C/c3ccccc3F)n2N)cc1C. The van der Waals surface area contributed by atoms with Crippen molar-refractivity contribution in [1.29, 1.82) is 0 Å². The minimum atomic E-state index is -0.390. The Labute approximate surface area is 171 Å². The molecule has 29 heavy (non-hydrogen) atoms. The van der Waals surface area contributed by atoms with Gasteiger partial charge in [0.15, 0.2) is 0 Å². The number of anilines is 2. The fourth-order valence-electron chi connectivity index (χ4n) is 2.34. The molecule has 0 aliphatic heterocycles. The van der Waals surface area contributed by atoms with E-state index in [4.69, 9.17) is 5.84 Å². The predicted molar refractivity (Wildman–Crippen MR) is 113 cm³/mol. The molecule has 0 spiro atoms. The molecule has 4 N–H and O–H groups in total. The second-order valence-electron chi connectivity index (χ2n) is 6.20. The summed E-state index contributed by atoms with van der Waals surface area (Å²) in [6.07, 6.45) is 1.31. The van der Waals surface area contributed by atoms with Crippen molar-refractivity contribution < 1.29 is 9.18 Å². The van der Waals surface area contributed by atoms with E-state index < -0.39 is 5.82 Å². The molecular weight excluding hydrogens is 393 g/mol. The molecule has 0 aliphatic rings. The maximum absolute atomic E-state index is 13.6. The van der Waals surface area contributed by atoms with Crippen molar-refractivity contribution >= 4 is 35.5 Å². The predicted octanol–water partition coefficient (Wildman–Crippen LogP) is 2.92. The topological polar surface area (TPSA) is 110 Å². The lowest BCUT2D eigenvalue weighted by atomic mass is 10.1. The van der Waals surface area contributed by atoms with Crippen molar-refractivity contribution in [3.63, 3.8) is 0 Å². The lowest BCUT2D eigenvalue weighted by Crippen LogP contribution is -2.17. The van der Waals surface area contributed by atoms with Crippen LogP contribution in [0.2, 0.25) is 0 Å². The third-order valence-corrected chi connectivity index (χ3v) is 5.00. The third kappa shape index (κ3) is 5.32. The van der Waals surface area contributed by atoms with Crippen LogP contribution in [-0.2, 0) is 4.79 Å². The van der Waals surface area contributed by atoms with Crippen LogP contribution in [0.25, 0.3) is 0 Å². The van der Waals surface area contributed by atoms with E-state index in [1.54, 1.807) is 18.2 Å². The van der Waals surface area contributed by atoms with Crippen LogP contribution in [-0.4, -0.2) is 32.7 Å². The summed E-state index contributed by atoms with van der Waals surface area (Å²) in [5.74, 6) is 5.61. The zero-order chi connectivity index (χ0) is 20.8. The molecule has 0 unspecified atom stereocenters. The molecule has 10 heteroatoms. The van der Waals surface area contributed by atoms with Gasteiger partial charge in [0, 0.05) is 11.3 Å². The first kappa shape index (κ1) is 20.3. The minimum Gasteiger partial charge on any atom is -0.334 e. The Kier molecular flexibility index (Phi) is 6.45. The lowest BCUT2D eigenvalue weighted by molar-refractivity contribution is -0.113. The van der Waals surface area contributed by atoms with Crippen LogP contribution >= 0.6 is 11.8 Å². The summed E-state index contributed by atoms with van der Waals surface area (Å²) in [5.41, 5.74) is 5.91. The first-order valence-corrected chi connectivity index (χ1v) is 9.66. The average molecular weight is 413 g/mol. The third-order valence-electron chi connectivity index (χ3n) is 4.06. The van der Waals surface area contributed by atoms with E-state index in [1.165, 1.54) is 17.0 Å². The Balaban J connectivity index is 1.54. The standard InChI is InChI=1S/C19H20FN7OS/c1-12-7-8-15(9-13(12)2)23-17(28)11-29-19-26-25-18(27(19)21)24-22-10-14-5-3-4-6-16(14)20/h3-10H,11,21H2,1-2H3,(H,23,28)(H,24,25)/b22-10+. The molecule has 0 aliphatic carbocycles. The number of carbonyl (C=O) groups is 1. The zero-order valence-electron chi connectivity index (χ0n) is 15.9. The molecule has 0 fully saturated rings. The molecule has 0 bridgehead atoms. The Morgan fingerprint density at radius 2 is 2.03 bits per heavy atom. The van der Waals surface area contributed by atoms with Gasteiger partial charge in [0.1, 0.15) is 5.82 Å². The molecule has 8 nitrogen and oxygen atoms in total. The van der Waals surface area contributed by atoms with Crippen molar-refractivity contribution in [2.24, 2.45) is 5.10 Å². The number of nitrogen functional groups attached to an aromatic ring is 1. The van der Waals surface area contributed by atoms with Crippen LogP contribution in [0.3, 0.4) is 0 Å².